The van der Waals surface area contributed by atoms with E-state index in [9.17, 15) is 18.3 Å². The molecule has 0 aromatic heterocycles. The first kappa shape index (κ1) is 30.5. The molecule has 1 heterocycles. The van der Waals surface area contributed by atoms with Gasteiger partial charge in [-0.15, -0.1) is 12.4 Å². The summed E-state index contributed by atoms with van der Waals surface area (Å²) in [5.74, 6) is 0. The Labute approximate surface area is 233 Å². The minimum absolute atomic E-state index is 0. The van der Waals surface area contributed by atoms with Crippen LogP contribution in [0.2, 0.25) is 5.02 Å². The normalized spacial score (nSPS) is 19.7. The zero-order valence-electron chi connectivity index (χ0n) is 21.1. The second-order valence-corrected chi connectivity index (χ2v) is 10.7. The van der Waals surface area contributed by atoms with Crippen LogP contribution in [0.25, 0.3) is 0 Å². The summed E-state index contributed by atoms with van der Waals surface area (Å²) in [5, 5.41) is 10.9. The third-order valence-corrected chi connectivity index (χ3v) is 8.74. The van der Waals surface area contributed by atoms with Crippen LogP contribution in [0, 0.1) is 0 Å². The van der Waals surface area contributed by atoms with Gasteiger partial charge in [0.25, 0.3) is 0 Å². The smallest absolute Gasteiger partial charge is 0.412 e. The first-order valence-electron chi connectivity index (χ1n) is 12.7. The molecule has 1 aliphatic heterocycles. The number of hydrogen-bond acceptors (Lipinski definition) is 2. The van der Waals surface area contributed by atoms with Gasteiger partial charge in [0, 0.05) is 24.5 Å². The lowest BCUT2D eigenvalue weighted by Gasteiger charge is -2.47. The highest BCUT2D eigenvalue weighted by Crippen LogP contribution is 2.47. The van der Waals surface area contributed by atoms with Crippen molar-refractivity contribution in [3.05, 3.63) is 106 Å². The molecule has 0 atom stereocenters. The quantitative estimate of drug-likeness (QED) is 0.363. The van der Waals surface area contributed by atoms with Gasteiger partial charge in [-0.1, -0.05) is 78.3 Å². The molecule has 8 heteroatoms. The zero-order chi connectivity index (χ0) is 25.4. The molecule has 3 nitrogen and oxygen atoms in total. The fraction of sp³-hybridized carbons (Fsp3) is 0.400. The highest BCUT2D eigenvalue weighted by molar-refractivity contribution is 6.31. The van der Waals surface area contributed by atoms with Crippen LogP contribution in [-0.4, -0.2) is 34.6 Å². The first-order chi connectivity index (χ1) is 17.2. The molecule has 3 aromatic carbocycles. The van der Waals surface area contributed by atoms with Crippen LogP contribution in [0.15, 0.2) is 78.9 Å². The Morgan fingerprint density at radius 3 is 1.74 bits per heavy atom. The lowest BCUT2D eigenvalue weighted by atomic mass is 9.64. The standard InChI is InChI=1S/C30H31ClF3NO.ClH.H2O/c31-27-12-11-24(21-26(27)30(32,33)34)29(36)17-19-35(20-18-29)25-13-15-28(16-14-25,22-7-3-1-4-8-22)23-9-5-2-6-10-23;;/h1-12,21,25,36H,13-20H2;1H;1H2. The Balaban J connectivity index is 0.00000200. The van der Waals surface area contributed by atoms with E-state index in [2.05, 4.69) is 65.6 Å². The van der Waals surface area contributed by atoms with Crippen molar-refractivity contribution < 1.29 is 23.8 Å². The van der Waals surface area contributed by atoms with E-state index in [1.807, 2.05) is 0 Å². The monoisotopic (exact) mass is 567 g/mol. The molecular weight excluding hydrogens is 534 g/mol. The molecule has 0 unspecified atom stereocenters. The van der Waals surface area contributed by atoms with E-state index in [-0.39, 0.29) is 28.3 Å². The molecule has 1 aliphatic carbocycles. The van der Waals surface area contributed by atoms with Gasteiger partial charge in [-0.05, 0) is 67.3 Å². The Hall–Kier alpha value is -2.09. The summed E-state index contributed by atoms with van der Waals surface area (Å²) in [6, 6.07) is 25.7. The lowest BCUT2D eigenvalue weighted by Crippen LogP contribution is -2.49. The fourth-order valence-electron chi connectivity index (χ4n) is 6.30. The largest absolute Gasteiger partial charge is 0.417 e. The summed E-state index contributed by atoms with van der Waals surface area (Å²) in [5.41, 5.74) is 0.842. The van der Waals surface area contributed by atoms with Crippen LogP contribution in [0.3, 0.4) is 0 Å². The van der Waals surface area contributed by atoms with Gasteiger partial charge < -0.3 is 15.5 Å². The van der Waals surface area contributed by atoms with Crippen LogP contribution in [-0.2, 0) is 17.2 Å². The SMILES string of the molecule is Cl.O.OC1(c2ccc(Cl)c(C(F)(F)F)c2)CCN(C2CCC(c3ccccc3)(c3ccccc3)CC2)CC1. The van der Waals surface area contributed by atoms with Gasteiger partial charge in [-0.3, -0.25) is 0 Å². The predicted molar refractivity (Wildman–Crippen MR) is 148 cm³/mol. The van der Waals surface area contributed by atoms with Crippen molar-refractivity contribution in [2.24, 2.45) is 0 Å². The summed E-state index contributed by atoms with van der Waals surface area (Å²) >= 11 is 5.79. The van der Waals surface area contributed by atoms with Crippen LogP contribution >= 0.6 is 24.0 Å². The molecule has 0 radical (unpaired) electrons. The topological polar surface area (TPSA) is 55.0 Å². The van der Waals surface area contributed by atoms with Crippen molar-refractivity contribution in [2.45, 2.75) is 61.8 Å². The van der Waals surface area contributed by atoms with Gasteiger partial charge >= 0.3 is 6.18 Å². The number of benzene rings is 3. The Bertz CT molecular complexity index is 1130. The van der Waals surface area contributed by atoms with E-state index in [0.717, 1.165) is 31.7 Å². The summed E-state index contributed by atoms with van der Waals surface area (Å²) in [6.07, 6.45) is 0.437. The van der Waals surface area contributed by atoms with Gasteiger partial charge in [0.2, 0.25) is 0 Å². The third-order valence-electron chi connectivity index (χ3n) is 8.41. The molecule has 3 N–H and O–H groups in total. The number of piperidine rings is 1. The summed E-state index contributed by atoms with van der Waals surface area (Å²) in [4.78, 5) is 2.43. The van der Waals surface area contributed by atoms with Crippen LogP contribution in [0.5, 0.6) is 0 Å². The minimum Gasteiger partial charge on any atom is -0.412 e. The maximum absolute atomic E-state index is 13.4. The van der Waals surface area contributed by atoms with Gasteiger partial charge in [0.15, 0.2) is 0 Å². The Kier molecular flexibility index (Phi) is 9.59. The van der Waals surface area contributed by atoms with Crippen LogP contribution in [0.1, 0.15) is 60.8 Å². The van der Waals surface area contributed by atoms with Crippen molar-refractivity contribution >= 4 is 24.0 Å². The second-order valence-electron chi connectivity index (χ2n) is 10.3. The first-order valence-corrected chi connectivity index (χ1v) is 13.0. The van der Waals surface area contributed by atoms with Crippen molar-refractivity contribution in [2.75, 3.05) is 13.1 Å². The molecule has 3 aromatic rings. The predicted octanol–water partition coefficient (Wildman–Crippen LogP) is 7.17. The number of halogens is 5. The molecule has 0 amide bonds. The molecule has 1 saturated carbocycles. The molecule has 1 saturated heterocycles. The Morgan fingerprint density at radius 1 is 0.763 bits per heavy atom. The second kappa shape index (κ2) is 12.0. The number of hydrogen-bond donors (Lipinski definition) is 1. The van der Waals surface area contributed by atoms with Crippen molar-refractivity contribution in [3.8, 4) is 0 Å². The highest BCUT2D eigenvalue weighted by Gasteiger charge is 2.43. The molecular formula is C30H34Cl2F3NO2. The number of rotatable bonds is 4. The van der Waals surface area contributed by atoms with E-state index < -0.39 is 17.3 Å². The minimum atomic E-state index is -4.55. The van der Waals surface area contributed by atoms with Crippen molar-refractivity contribution in [3.63, 3.8) is 0 Å². The van der Waals surface area contributed by atoms with Crippen LogP contribution < -0.4 is 0 Å². The van der Waals surface area contributed by atoms with Gasteiger partial charge in [0.05, 0.1) is 16.2 Å². The van der Waals surface area contributed by atoms with Crippen LogP contribution in [0.4, 0.5) is 13.2 Å². The fourth-order valence-corrected chi connectivity index (χ4v) is 6.52. The molecule has 0 bridgehead atoms. The number of nitrogens with zero attached hydrogens (tertiary/aromatic N) is 1. The summed E-state index contributed by atoms with van der Waals surface area (Å²) in [7, 11) is 0. The van der Waals surface area contributed by atoms with E-state index in [4.69, 9.17) is 11.6 Å². The molecule has 2 fully saturated rings. The van der Waals surface area contributed by atoms with Gasteiger partial charge in [-0.2, -0.15) is 13.2 Å². The third kappa shape index (κ3) is 5.90. The summed E-state index contributed by atoms with van der Waals surface area (Å²) in [6.45, 7) is 1.32. The average molecular weight is 569 g/mol. The Morgan fingerprint density at radius 2 is 1.26 bits per heavy atom. The number of likely N-dealkylation sites (tertiary alicyclic amines) is 1. The lowest BCUT2D eigenvalue weighted by molar-refractivity contribution is -0.137. The van der Waals surface area contributed by atoms with E-state index in [0.29, 0.717) is 37.5 Å². The molecule has 5 rings (SSSR count). The molecule has 206 valence electrons. The van der Waals surface area contributed by atoms with Gasteiger partial charge in [-0.25, -0.2) is 0 Å². The summed E-state index contributed by atoms with van der Waals surface area (Å²) < 4.78 is 40.1. The maximum atomic E-state index is 13.4. The number of alkyl halides is 3. The van der Waals surface area contributed by atoms with E-state index >= 15 is 0 Å². The maximum Gasteiger partial charge on any atom is 0.417 e. The van der Waals surface area contributed by atoms with Crippen molar-refractivity contribution in [1.29, 1.82) is 0 Å². The average Bonchev–Trinajstić information content (AvgIpc) is 2.90. The zero-order valence-corrected chi connectivity index (χ0v) is 22.6. The highest BCUT2D eigenvalue weighted by atomic mass is 35.5. The molecule has 0 spiro atoms. The van der Waals surface area contributed by atoms with Crippen molar-refractivity contribution in [1.82, 2.24) is 4.90 Å². The number of aliphatic hydroxyl groups is 1. The molecule has 2 aliphatic rings. The molecule has 38 heavy (non-hydrogen) atoms. The van der Waals surface area contributed by atoms with E-state index in [1.165, 1.54) is 23.3 Å². The van der Waals surface area contributed by atoms with E-state index in [1.54, 1.807) is 0 Å². The van der Waals surface area contributed by atoms with Gasteiger partial charge in [0.1, 0.15) is 0 Å².